The second kappa shape index (κ2) is 8.01. The molecule has 0 aromatic rings. The lowest BCUT2D eigenvalue weighted by molar-refractivity contribution is 0.151. The van der Waals surface area contributed by atoms with Crippen molar-refractivity contribution in [3.63, 3.8) is 0 Å². The first kappa shape index (κ1) is 18.6. The molecule has 3 aliphatic carbocycles. The highest BCUT2D eigenvalue weighted by Crippen LogP contribution is 2.48. The van der Waals surface area contributed by atoms with Crippen LogP contribution in [0.4, 0.5) is 0 Å². The molecule has 2 unspecified atom stereocenters. The molecule has 3 saturated carbocycles. The summed E-state index contributed by atoms with van der Waals surface area (Å²) in [5.74, 6) is 3.50. The monoisotopic (exact) mass is 350 g/mol. The lowest BCUT2D eigenvalue weighted by Gasteiger charge is -2.40. The molecule has 2 nitrogen and oxygen atoms in total. The van der Waals surface area contributed by atoms with E-state index in [0.717, 1.165) is 23.7 Å². The number of nitrogens with zero attached hydrogens (tertiary/aromatic N) is 1. The van der Waals surface area contributed by atoms with E-state index in [1.807, 2.05) is 11.8 Å². The molecule has 2 atom stereocenters. The average molecular weight is 351 g/mol. The van der Waals surface area contributed by atoms with Crippen LogP contribution in [0.3, 0.4) is 0 Å². The molecule has 1 N–H and O–H groups in total. The van der Waals surface area contributed by atoms with Crippen LogP contribution in [0, 0.1) is 23.7 Å². The van der Waals surface area contributed by atoms with E-state index in [1.165, 1.54) is 69.4 Å². The summed E-state index contributed by atoms with van der Waals surface area (Å²) in [5.41, 5.74) is 0.399. The normalized spacial score (nSPS) is 42.5. The van der Waals surface area contributed by atoms with E-state index in [9.17, 15) is 0 Å². The molecule has 0 aromatic heterocycles. The highest BCUT2D eigenvalue weighted by atomic mass is 32.2. The predicted octanol–water partition coefficient (Wildman–Crippen LogP) is 5.87. The predicted molar refractivity (Wildman–Crippen MR) is 108 cm³/mol. The average Bonchev–Trinajstić information content (AvgIpc) is 3.21. The van der Waals surface area contributed by atoms with Gasteiger partial charge in [-0.2, -0.15) is 0 Å². The van der Waals surface area contributed by atoms with Crippen molar-refractivity contribution in [3.8, 4) is 0 Å². The van der Waals surface area contributed by atoms with Gasteiger partial charge in [-0.1, -0.05) is 51.8 Å². The highest BCUT2D eigenvalue weighted by Gasteiger charge is 2.45. The van der Waals surface area contributed by atoms with Crippen LogP contribution >= 0.6 is 11.8 Å². The van der Waals surface area contributed by atoms with Gasteiger partial charge in [0.2, 0.25) is 0 Å². The SMILES string of the molecule is CCC1CC(CC)C(N=C(NC23CCC(CC2)C3)SC)C(CC)C1. The summed E-state index contributed by atoms with van der Waals surface area (Å²) in [6.07, 6.45) is 15.9. The van der Waals surface area contributed by atoms with Gasteiger partial charge in [-0.25, -0.2) is 0 Å². The molecule has 0 aliphatic heterocycles. The lowest BCUT2D eigenvalue weighted by atomic mass is 9.69. The third kappa shape index (κ3) is 3.81. The van der Waals surface area contributed by atoms with Gasteiger partial charge in [0.15, 0.2) is 5.17 Å². The summed E-state index contributed by atoms with van der Waals surface area (Å²) in [6, 6.07) is 0.549. The zero-order valence-electron chi connectivity index (χ0n) is 16.3. The first-order chi connectivity index (χ1) is 11.6. The number of nitrogens with one attached hydrogen (secondary N) is 1. The number of thioether (sulfide) groups is 1. The molecule has 24 heavy (non-hydrogen) atoms. The van der Waals surface area contributed by atoms with Crippen LogP contribution in [0.15, 0.2) is 4.99 Å². The minimum Gasteiger partial charge on any atom is -0.359 e. The van der Waals surface area contributed by atoms with Gasteiger partial charge in [0.05, 0.1) is 6.04 Å². The fourth-order valence-corrected chi connectivity index (χ4v) is 6.39. The Balaban J connectivity index is 1.74. The van der Waals surface area contributed by atoms with Crippen LogP contribution in [-0.4, -0.2) is 23.0 Å². The standard InChI is InChI=1S/C21H38N2S/c1-5-15-12-17(6-2)19(18(7-3)13-15)22-20(24-4)23-21-10-8-16(14-21)9-11-21/h15-19H,5-14H2,1-4H3,(H,22,23). The Kier molecular flexibility index (Phi) is 6.21. The Morgan fingerprint density at radius 3 is 2.08 bits per heavy atom. The van der Waals surface area contributed by atoms with Crippen LogP contribution < -0.4 is 5.32 Å². The van der Waals surface area contributed by atoms with E-state index in [4.69, 9.17) is 4.99 Å². The van der Waals surface area contributed by atoms with Crippen molar-refractivity contribution in [1.29, 1.82) is 0 Å². The largest absolute Gasteiger partial charge is 0.359 e. The van der Waals surface area contributed by atoms with E-state index in [1.54, 1.807) is 0 Å². The summed E-state index contributed by atoms with van der Waals surface area (Å²) >= 11 is 1.85. The van der Waals surface area contributed by atoms with Crippen LogP contribution in [0.1, 0.15) is 85.0 Å². The maximum absolute atomic E-state index is 5.37. The second-order valence-corrected chi connectivity index (χ2v) is 9.56. The topological polar surface area (TPSA) is 24.4 Å². The van der Waals surface area contributed by atoms with E-state index in [-0.39, 0.29) is 0 Å². The van der Waals surface area contributed by atoms with E-state index < -0.39 is 0 Å². The first-order valence-electron chi connectivity index (χ1n) is 10.5. The van der Waals surface area contributed by atoms with E-state index in [0.29, 0.717) is 11.6 Å². The van der Waals surface area contributed by atoms with Crippen molar-refractivity contribution in [2.45, 2.75) is 96.6 Å². The minimum atomic E-state index is 0.399. The van der Waals surface area contributed by atoms with Crippen LogP contribution in [0.25, 0.3) is 0 Å². The Morgan fingerprint density at radius 1 is 1.04 bits per heavy atom. The summed E-state index contributed by atoms with van der Waals surface area (Å²) < 4.78 is 0. The molecular formula is C21H38N2S. The van der Waals surface area contributed by atoms with Crippen molar-refractivity contribution in [2.24, 2.45) is 28.7 Å². The zero-order valence-corrected chi connectivity index (χ0v) is 17.1. The summed E-state index contributed by atoms with van der Waals surface area (Å²) in [6.45, 7) is 7.13. The van der Waals surface area contributed by atoms with Gasteiger partial charge in [0.1, 0.15) is 0 Å². The lowest BCUT2D eigenvalue weighted by Crippen LogP contribution is -2.45. The Hall–Kier alpha value is -0.180. The maximum atomic E-state index is 5.37. The van der Waals surface area contributed by atoms with E-state index in [2.05, 4.69) is 32.3 Å². The number of hydrogen-bond donors (Lipinski definition) is 1. The maximum Gasteiger partial charge on any atom is 0.156 e. The second-order valence-electron chi connectivity index (χ2n) is 8.76. The Morgan fingerprint density at radius 2 is 1.67 bits per heavy atom. The molecule has 3 rings (SSSR count). The Bertz CT molecular complexity index is 425. The third-order valence-corrected chi connectivity index (χ3v) is 8.03. The summed E-state index contributed by atoms with van der Waals surface area (Å²) in [5, 5.41) is 5.19. The van der Waals surface area contributed by atoms with Crippen molar-refractivity contribution in [1.82, 2.24) is 5.32 Å². The molecule has 0 amide bonds. The molecule has 0 spiro atoms. The molecule has 3 fully saturated rings. The van der Waals surface area contributed by atoms with E-state index >= 15 is 0 Å². The molecule has 3 heteroatoms. The molecule has 0 heterocycles. The number of fused-ring (bicyclic) bond motifs is 2. The van der Waals surface area contributed by atoms with Gasteiger partial charge in [0, 0.05) is 5.54 Å². The molecule has 138 valence electrons. The van der Waals surface area contributed by atoms with Gasteiger partial charge in [-0.05, 0) is 74.9 Å². The highest BCUT2D eigenvalue weighted by molar-refractivity contribution is 8.13. The Labute approximate surface area is 154 Å². The number of rotatable bonds is 5. The molecule has 0 aromatic carbocycles. The quantitative estimate of drug-likeness (QED) is 0.495. The van der Waals surface area contributed by atoms with Gasteiger partial charge in [-0.15, -0.1) is 0 Å². The van der Waals surface area contributed by atoms with Crippen LogP contribution in [-0.2, 0) is 0 Å². The number of amidine groups is 1. The fourth-order valence-electron chi connectivity index (χ4n) is 5.84. The smallest absolute Gasteiger partial charge is 0.156 e. The van der Waals surface area contributed by atoms with Crippen molar-refractivity contribution < 1.29 is 0 Å². The number of hydrogen-bond acceptors (Lipinski definition) is 2. The molecule has 0 saturated heterocycles. The van der Waals surface area contributed by atoms with Gasteiger partial charge in [-0.3, -0.25) is 4.99 Å². The van der Waals surface area contributed by atoms with Crippen molar-refractivity contribution in [2.75, 3.05) is 6.26 Å². The van der Waals surface area contributed by atoms with Crippen molar-refractivity contribution >= 4 is 16.9 Å². The summed E-state index contributed by atoms with van der Waals surface area (Å²) in [7, 11) is 0. The fraction of sp³-hybridized carbons (Fsp3) is 0.952. The first-order valence-corrected chi connectivity index (χ1v) is 11.8. The summed E-state index contributed by atoms with van der Waals surface area (Å²) in [4.78, 5) is 5.37. The van der Waals surface area contributed by atoms with Gasteiger partial charge in [0.25, 0.3) is 0 Å². The van der Waals surface area contributed by atoms with Crippen LogP contribution in [0.2, 0.25) is 0 Å². The van der Waals surface area contributed by atoms with Gasteiger partial charge >= 0.3 is 0 Å². The third-order valence-electron chi connectivity index (χ3n) is 7.44. The van der Waals surface area contributed by atoms with Crippen LogP contribution in [0.5, 0.6) is 0 Å². The molecule has 2 bridgehead atoms. The molecule has 0 radical (unpaired) electrons. The zero-order chi connectivity index (χ0) is 17.2. The number of aliphatic imine (C=N–C) groups is 1. The molecular weight excluding hydrogens is 312 g/mol. The van der Waals surface area contributed by atoms with Crippen molar-refractivity contribution in [3.05, 3.63) is 0 Å². The molecule has 3 aliphatic rings. The van der Waals surface area contributed by atoms with Gasteiger partial charge < -0.3 is 5.32 Å². The minimum absolute atomic E-state index is 0.399.